The largest absolute Gasteiger partial charge is 0.478 e. The summed E-state index contributed by atoms with van der Waals surface area (Å²) >= 11 is 1.57. The second kappa shape index (κ2) is 6.63. The molecule has 20 heavy (non-hydrogen) atoms. The Hall–Kier alpha value is -2.47. The number of carbonyl (C=O) groups is 2. The van der Waals surface area contributed by atoms with Gasteiger partial charge in [-0.3, -0.25) is 9.78 Å². The highest BCUT2D eigenvalue weighted by Gasteiger charge is 2.06. The predicted octanol–water partition coefficient (Wildman–Crippen LogP) is 2.17. The Kier molecular flexibility index (Phi) is 4.62. The van der Waals surface area contributed by atoms with Crippen molar-refractivity contribution in [2.24, 2.45) is 0 Å². The van der Waals surface area contributed by atoms with E-state index in [1.807, 2.05) is 17.5 Å². The highest BCUT2D eigenvalue weighted by Crippen LogP contribution is 2.09. The topological polar surface area (TPSA) is 79.3 Å². The van der Waals surface area contributed by atoms with E-state index in [4.69, 9.17) is 5.11 Å². The molecule has 0 saturated heterocycles. The van der Waals surface area contributed by atoms with Gasteiger partial charge in [-0.1, -0.05) is 6.07 Å². The Bertz CT molecular complexity index is 636. The Morgan fingerprint density at radius 1 is 1.40 bits per heavy atom. The summed E-state index contributed by atoms with van der Waals surface area (Å²) in [5.41, 5.74) is 0.963. The second-order valence-corrected chi connectivity index (χ2v) is 4.97. The van der Waals surface area contributed by atoms with Crippen molar-refractivity contribution in [3.05, 3.63) is 58.1 Å². The van der Waals surface area contributed by atoms with Crippen molar-refractivity contribution >= 4 is 29.3 Å². The summed E-state index contributed by atoms with van der Waals surface area (Å²) in [5.74, 6) is -1.28. The molecule has 0 bridgehead atoms. The van der Waals surface area contributed by atoms with E-state index >= 15 is 0 Å². The van der Waals surface area contributed by atoms with Crippen molar-refractivity contribution in [2.75, 3.05) is 0 Å². The fourth-order valence-electron chi connectivity index (χ4n) is 1.52. The van der Waals surface area contributed by atoms with Gasteiger partial charge in [0.25, 0.3) is 5.91 Å². The van der Waals surface area contributed by atoms with Gasteiger partial charge >= 0.3 is 5.97 Å². The molecule has 6 heteroatoms. The molecule has 0 unspecified atom stereocenters. The fraction of sp³-hybridized carbons (Fsp3) is 0.0714. The van der Waals surface area contributed by atoms with Crippen molar-refractivity contribution in [3.63, 3.8) is 0 Å². The van der Waals surface area contributed by atoms with Gasteiger partial charge in [0, 0.05) is 23.3 Å². The van der Waals surface area contributed by atoms with E-state index in [0.29, 0.717) is 17.7 Å². The molecule has 0 atom stereocenters. The minimum Gasteiger partial charge on any atom is -0.478 e. The molecule has 5 nitrogen and oxygen atoms in total. The molecule has 0 aliphatic rings. The van der Waals surface area contributed by atoms with Crippen LogP contribution in [0.3, 0.4) is 0 Å². The van der Waals surface area contributed by atoms with Gasteiger partial charge in [-0.15, -0.1) is 11.3 Å². The van der Waals surface area contributed by atoms with E-state index in [9.17, 15) is 9.59 Å². The van der Waals surface area contributed by atoms with E-state index in [1.165, 1.54) is 18.5 Å². The monoisotopic (exact) mass is 288 g/mol. The van der Waals surface area contributed by atoms with E-state index < -0.39 is 5.97 Å². The number of aliphatic carboxylic acids is 1. The maximum atomic E-state index is 11.9. The molecule has 102 valence electrons. The Morgan fingerprint density at radius 3 is 2.95 bits per heavy atom. The van der Waals surface area contributed by atoms with Gasteiger partial charge < -0.3 is 10.4 Å². The van der Waals surface area contributed by atoms with Crippen molar-refractivity contribution in [1.29, 1.82) is 0 Å². The summed E-state index contributed by atoms with van der Waals surface area (Å²) in [5, 5.41) is 13.3. The molecule has 0 aliphatic heterocycles. The normalized spacial score (nSPS) is 10.6. The van der Waals surface area contributed by atoms with Crippen molar-refractivity contribution < 1.29 is 14.7 Å². The van der Waals surface area contributed by atoms with Gasteiger partial charge in [-0.25, -0.2) is 4.79 Å². The van der Waals surface area contributed by atoms with E-state index in [1.54, 1.807) is 17.4 Å². The van der Waals surface area contributed by atoms with Crippen LogP contribution in [0, 0.1) is 0 Å². The van der Waals surface area contributed by atoms with E-state index in [0.717, 1.165) is 11.0 Å². The fourth-order valence-corrected chi connectivity index (χ4v) is 2.17. The zero-order valence-corrected chi connectivity index (χ0v) is 11.3. The number of carboxylic acids is 1. The van der Waals surface area contributed by atoms with E-state index in [2.05, 4.69) is 10.3 Å². The average molecular weight is 288 g/mol. The van der Waals surface area contributed by atoms with Crippen LogP contribution in [0.4, 0.5) is 0 Å². The van der Waals surface area contributed by atoms with Gasteiger partial charge in [0.2, 0.25) is 0 Å². The lowest BCUT2D eigenvalue weighted by Gasteiger charge is -2.04. The molecule has 2 aromatic heterocycles. The lowest BCUT2D eigenvalue weighted by molar-refractivity contribution is -0.131. The minimum absolute atomic E-state index is 0.239. The molecule has 0 aliphatic carbocycles. The van der Waals surface area contributed by atoms with Crippen LogP contribution in [-0.4, -0.2) is 22.0 Å². The smallest absolute Gasteiger partial charge is 0.328 e. The highest BCUT2D eigenvalue weighted by atomic mass is 32.1. The van der Waals surface area contributed by atoms with E-state index in [-0.39, 0.29) is 5.91 Å². The lowest BCUT2D eigenvalue weighted by atomic mass is 10.2. The average Bonchev–Trinajstić information content (AvgIpc) is 2.96. The standard InChI is InChI=1S/C14H12N2O3S/c17-13(18)4-3-10-6-11(8-15-7-10)14(19)16-9-12-2-1-5-20-12/h1-8H,9H2,(H,16,19)(H,17,18). The maximum absolute atomic E-state index is 11.9. The first-order valence-corrected chi connectivity index (χ1v) is 6.70. The zero-order chi connectivity index (χ0) is 14.4. The number of hydrogen-bond donors (Lipinski definition) is 2. The first-order valence-electron chi connectivity index (χ1n) is 5.82. The van der Waals surface area contributed by atoms with Crippen LogP contribution in [0.1, 0.15) is 20.8 Å². The van der Waals surface area contributed by atoms with Gasteiger partial charge in [0.05, 0.1) is 12.1 Å². The molecular weight excluding hydrogens is 276 g/mol. The lowest BCUT2D eigenvalue weighted by Crippen LogP contribution is -2.22. The number of nitrogens with zero attached hydrogens (tertiary/aromatic N) is 1. The van der Waals surface area contributed by atoms with Crippen LogP contribution >= 0.6 is 11.3 Å². The third-order valence-corrected chi connectivity index (χ3v) is 3.32. The van der Waals surface area contributed by atoms with Crippen LogP contribution in [0.2, 0.25) is 0 Å². The summed E-state index contributed by atoms with van der Waals surface area (Å²) in [6.45, 7) is 0.464. The molecule has 2 N–H and O–H groups in total. The number of hydrogen-bond acceptors (Lipinski definition) is 4. The quantitative estimate of drug-likeness (QED) is 0.826. The third-order valence-electron chi connectivity index (χ3n) is 2.44. The number of rotatable bonds is 5. The summed E-state index contributed by atoms with van der Waals surface area (Å²) in [6, 6.07) is 5.45. The molecule has 2 rings (SSSR count). The number of nitrogens with one attached hydrogen (secondary N) is 1. The van der Waals surface area contributed by atoms with Crippen molar-refractivity contribution in [2.45, 2.75) is 6.54 Å². The molecule has 0 aromatic carbocycles. The number of thiophene rings is 1. The summed E-state index contributed by atoms with van der Waals surface area (Å²) in [4.78, 5) is 27.4. The summed E-state index contributed by atoms with van der Waals surface area (Å²) < 4.78 is 0. The number of pyridine rings is 1. The van der Waals surface area contributed by atoms with Gasteiger partial charge in [0.15, 0.2) is 0 Å². The number of amides is 1. The number of aromatic nitrogens is 1. The zero-order valence-electron chi connectivity index (χ0n) is 10.4. The van der Waals surface area contributed by atoms with Gasteiger partial charge in [0.1, 0.15) is 0 Å². The van der Waals surface area contributed by atoms with Crippen molar-refractivity contribution in [1.82, 2.24) is 10.3 Å². The third kappa shape index (κ3) is 4.03. The van der Waals surface area contributed by atoms with Crippen molar-refractivity contribution in [3.8, 4) is 0 Å². The molecule has 1 amide bonds. The Labute approximate surface area is 119 Å². The molecule has 2 aromatic rings. The maximum Gasteiger partial charge on any atom is 0.328 e. The minimum atomic E-state index is -1.04. The first-order chi connectivity index (χ1) is 9.65. The van der Waals surface area contributed by atoms with Crippen LogP contribution in [-0.2, 0) is 11.3 Å². The first kappa shape index (κ1) is 14.0. The molecule has 2 heterocycles. The Balaban J connectivity index is 2.02. The molecular formula is C14H12N2O3S. The molecule has 0 saturated carbocycles. The number of carboxylic acid groups (broad SMARTS) is 1. The number of carbonyl (C=O) groups excluding carboxylic acids is 1. The molecule has 0 spiro atoms. The van der Waals surface area contributed by atoms with Crippen LogP contribution in [0.25, 0.3) is 6.08 Å². The highest BCUT2D eigenvalue weighted by molar-refractivity contribution is 7.09. The van der Waals surface area contributed by atoms with Gasteiger partial charge in [-0.2, -0.15) is 0 Å². The van der Waals surface area contributed by atoms with Crippen LogP contribution in [0.5, 0.6) is 0 Å². The predicted molar refractivity (Wildman–Crippen MR) is 76.4 cm³/mol. The van der Waals surface area contributed by atoms with Crippen LogP contribution < -0.4 is 5.32 Å². The summed E-state index contributed by atoms with van der Waals surface area (Å²) in [7, 11) is 0. The Morgan fingerprint density at radius 2 is 2.25 bits per heavy atom. The van der Waals surface area contributed by atoms with Crippen LogP contribution in [0.15, 0.2) is 42.0 Å². The SMILES string of the molecule is O=C(O)C=Cc1cncc(C(=O)NCc2cccs2)c1. The molecule has 0 fully saturated rings. The summed E-state index contributed by atoms with van der Waals surface area (Å²) in [6.07, 6.45) is 5.34. The second-order valence-electron chi connectivity index (χ2n) is 3.94. The van der Waals surface area contributed by atoms with Gasteiger partial charge in [-0.05, 0) is 29.2 Å². The molecule has 0 radical (unpaired) electrons.